The monoisotopic (exact) mass is 276 g/mol. The van der Waals surface area contributed by atoms with E-state index in [1.807, 2.05) is 11.3 Å². The lowest BCUT2D eigenvalue weighted by molar-refractivity contribution is 0.364. The summed E-state index contributed by atoms with van der Waals surface area (Å²) in [5.74, 6) is 0.636. The average molecular weight is 276 g/mol. The molecule has 104 valence electrons. The van der Waals surface area contributed by atoms with Gasteiger partial charge >= 0.3 is 0 Å². The molecule has 0 radical (unpaired) electrons. The van der Waals surface area contributed by atoms with Crippen molar-refractivity contribution in [1.29, 1.82) is 0 Å². The van der Waals surface area contributed by atoms with E-state index in [4.69, 9.17) is 4.98 Å². The number of aromatic nitrogens is 1. The Hall–Kier alpha value is -0.930. The number of hydrogen-bond acceptors (Lipinski definition) is 3. The number of benzene rings is 1. The van der Waals surface area contributed by atoms with Gasteiger partial charge in [0.05, 0.1) is 15.2 Å². The fourth-order valence-electron chi connectivity index (χ4n) is 2.50. The van der Waals surface area contributed by atoms with Crippen LogP contribution in [0.4, 0.5) is 0 Å². The van der Waals surface area contributed by atoms with Crippen LogP contribution in [0.15, 0.2) is 24.3 Å². The van der Waals surface area contributed by atoms with E-state index in [-0.39, 0.29) is 0 Å². The number of nitrogens with one attached hydrogen (secondary N) is 1. The fourth-order valence-corrected chi connectivity index (χ4v) is 3.61. The van der Waals surface area contributed by atoms with E-state index in [2.05, 4.69) is 50.4 Å². The van der Waals surface area contributed by atoms with Crippen LogP contribution in [0.2, 0.25) is 0 Å². The van der Waals surface area contributed by atoms with Gasteiger partial charge in [0.15, 0.2) is 0 Å². The standard InChI is InChI=1S/C16H24N2S/c1-4-10-17-13(5-2)12(3)11-16-18-14-8-6-7-9-15(14)19-16/h6-9,12-13,17H,4-5,10-11H2,1-3H3. The van der Waals surface area contributed by atoms with Crippen LogP contribution >= 0.6 is 11.3 Å². The van der Waals surface area contributed by atoms with Crippen molar-refractivity contribution in [2.45, 2.75) is 46.1 Å². The summed E-state index contributed by atoms with van der Waals surface area (Å²) in [6.45, 7) is 7.94. The minimum absolute atomic E-state index is 0.604. The highest BCUT2D eigenvalue weighted by molar-refractivity contribution is 7.18. The molecular formula is C16H24N2S. The van der Waals surface area contributed by atoms with Gasteiger partial charge in [0.1, 0.15) is 0 Å². The normalized spacial score (nSPS) is 14.7. The zero-order valence-corrected chi connectivity index (χ0v) is 13.0. The van der Waals surface area contributed by atoms with E-state index in [0.29, 0.717) is 12.0 Å². The minimum Gasteiger partial charge on any atom is -0.314 e. The Labute approximate surface area is 120 Å². The van der Waals surface area contributed by atoms with Crippen molar-refractivity contribution in [3.8, 4) is 0 Å². The summed E-state index contributed by atoms with van der Waals surface area (Å²) in [5, 5.41) is 4.92. The predicted octanol–water partition coefficient (Wildman–Crippen LogP) is 4.25. The van der Waals surface area contributed by atoms with Gasteiger partial charge in [-0.3, -0.25) is 0 Å². The van der Waals surface area contributed by atoms with E-state index >= 15 is 0 Å². The molecule has 0 spiro atoms. The Morgan fingerprint density at radius 1 is 1.26 bits per heavy atom. The largest absolute Gasteiger partial charge is 0.314 e. The number of para-hydroxylation sites is 1. The van der Waals surface area contributed by atoms with Gasteiger partial charge in [-0.05, 0) is 37.4 Å². The van der Waals surface area contributed by atoms with Crippen LogP contribution in [0, 0.1) is 5.92 Å². The molecule has 2 nitrogen and oxygen atoms in total. The van der Waals surface area contributed by atoms with Crippen molar-refractivity contribution in [1.82, 2.24) is 10.3 Å². The fraction of sp³-hybridized carbons (Fsp3) is 0.562. The minimum atomic E-state index is 0.604. The molecule has 0 aliphatic rings. The molecule has 0 aliphatic heterocycles. The SMILES string of the molecule is CCCNC(CC)C(C)Cc1nc2ccccc2s1. The van der Waals surface area contributed by atoms with E-state index in [1.54, 1.807) is 0 Å². The first-order valence-electron chi connectivity index (χ1n) is 7.32. The van der Waals surface area contributed by atoms with Crippen molar-refractivity contribution in [3.63, 3.8) is 0 Å². The van der Waals surface area contributed by atoms with Crippen LogP contribution in [0.1, 0.15) is 38.6 Å². The molecule has 0 bridgehead atoms. The number of thiazole rings is 1. The summed E-state index contributed by atoms with van der Waals surface area (Å²) in [6.07, 6.45) is 3.46. The Morgan fingerprint density at radius 2 is 2.05 bits per heavy atom. The van der Waals surface area contributed by atoms with Crippen molar-refractivity contribution < 1.29 is 0 Å². The molecule has 0 amide bonds. The zero-order valence-electron chi connectivity index (χ0n) is 12.1. The second-order valence-electron chi connectivity index (χ2n) is 5.23. The predicted molar refractivity (Wildman–Crippen MR) is 84.9 cm³/mol. The molecule has 2 rings (SSSR count). The van der Waals surface area contributed by atoms with E-state index in [9.17, 15) is 0 Å². The molecule has 0 fully saturated rings. The molecule has 1 N–H and O–H groups in total. The molecule has 1 aromatic heterocycles. The van der Waals surface area contributed by atoms with Crippen molar-refractivity contribution in [2.75, 3.05) is 6.54 Å². The molecule has 2 atom stereocenters. The van der Waals surface area contributed by atoms with Gasteiger partial charge in [-0.25, -0.2) is 4.98 Å². The van der Waals surface area contributed by atoms with Gasteiger partial charge in [0, 0.05) is 12.5 Å². The van der Waals surface area contributed by atoms with Crippen LogP contribution in [-0.2, 0) is 6.42 Å². The van der Waals surface area contributed by atoms with Crippen LogP contribution < -0.4 is 5.32 Å². The molecule has 0 aliphatic carbocycles. The Morgan fingerprint density at radius 3 is 2.74 bits per heavy atom. The quantitative estimate of drug-likeness (QED) is 0.817. The van der Waals surface area contributed by atoms with Gasteiger partial charge in [0.2, 0.25) is 0 Å². The lowest BCUT2D eigenvalue weighted by atomic mass is 9.96. The highest BCUT2D eigenvalue weighted by atomic mass is 32.1. The summed E-state index contributed by atoms with van der Waals surface area (Å²) in [5.41, 5.74) is 1.14. The third-order valence-corrected chi connectivity index (χ3v) is 4.68. The molecule has 1 heterocycles. The lowest BCUT2D eigenvalue weighted by Gasteiger charge is -2.23. The van der Waals surface area contributed by atoms with E-state index in [0.717, 1.165) is 18.5 Å². The molecule has 2 aromatic rings. The second kappa shape index (κ2) is 7.01. The maximum atomic E-state index is 4.74. The van der Waals surface area contributed by atoms with E-state index in [1.165, 1.54) is 22.5 Å². The molecule has 19 heavy (non-hydrogen) atoms. The topological polar surface area (TPSA) is 24.9 Å². The first kappa shape index (κ1) is 14.5. The highest BCUT2D eigenvalue weighted by Gasteiger charge is 2.16. The molecule has 0 saturated heterocycles. The van der Waals surface area contributed by atoms with Crippen LogP contribution in [0.3, 0.4) is 0 Å². The molecular weight excluding hydrogens is 252 g/mol. The maximum absolute atomic E-state index is 4.74. The third-order valence-electron chi connectivity index (χ3n) is 3.62. The van der Waals surface area contributed by atoms with Gasteiger partial charge < -0.3 is 5.32 Å². The third kappa shape index (κ3) is 3.77. The second-order valence-corrected chi connectivity index (χ2v) is 6.34. The molecule has 2 unspecified atom stereocenters. The molecule has 0 saturated carbocycles. The number of rotatable bonds is 7. The van der Waals surface area contributed by atoms with Crippen molar-refractivity contribution in [2.24, 2.45) is 5.92 Å². The first-order valence-corrected chi connectivity index (χ1v) is 8.14. The zero-order chi connectivity index (χ0) is 13.7. The summed E-state index contributed by atoms with van der Waals surface area (Å²) >= 11 is 1.84. The van der Waals surface area contributed by atoms with Crippen LogP contribution in [0.25, 0.3) is 10.2 Å². The summed E-state index contributed by atoms with van der Waals surface area (Å²) in [6, 6.07) is 9.02. The van der Waals surface area contributed by atoms with Gasteiger partial charge in [-0.15, -0.1) is 11.3 Å². The van der Waals surface area contributed by atoms with Gasteiger partial charge in [-0.2, -0.15) is 0 Å². The molecule has 3 heteroatoms. The summed E-state index contributed by atoms with van der Waals surface area (Å²) < 4.78 is 1.30. The number of fused-ring (bicyclic) bond motifs is 1. The van der Waals surface area contributed by atoms with Crippen LogP contribution in [0.5, 0.6) is 0 Å². The van der Waals surface area contributed by atoms with Crippen molar-refractivity contribution >= 4 is 21.6 Å². The van der Waals surface area contributed by atoms with E-state index < -0.39 is 0 Å². The van der Waals surface area contributed by atoms with Crippen molar-refractivity contribution in [3.05, 3.63) is 29.3 Å². The molecule has 1 aromatic carbocycles. The smallest absolute Gasteiger partial charge is 0.0941 e. The Bertz CT molecular complexity index is 473. The van der Waals surface area contributed by atoms with Gasteiger partial charge in [-0.1, -0.05) is 32.9 Å². The number of hydrogen-bond donors (Lipinski definition) is 1. The van der Waals surface area contributed by atoms with Crippen LogP contribution in [-0.4, -0.2) is 17.6 Å². The highest BCUT2D eigenvalue weighted by Crippen LogP contribution is 2.24. The lowest BCUT2D eigenvalue weighted by Crippen LogP contribution is -2.35. The van der Waals surface area contributed by atoms with Gasteiger partial charge in [0.25, 0.3) is 0 Å². The summed E-state index contributed by atoms with van der Waals surface area (Å²) in [4.78, 5) is 4.74. The maximum Gasteiger partial charge on any atom is 0.0941 e. The summed E-state index contributed by atoms with van der Waals surface area (Å²) in [7, 11) is 0. The Balaban J connectivity index is 2.02. The number of nitrogens with zero attached hydrogens (tertiary/aromatic N) is 1. The average Bonchev–Trinajstić information content (AvgIpc) is 2.81. The Kier molecular flexibility index (Phi) is 5.34. The first-order chi connectivity index (χ1) is 9.24.